The fourth-order valence-corrected chi connectivity index (χ4v) is 4.31. The topological polar surface area (TPSA) is 41.6 Å². The fraction of sp³-hybridized carbons (Fsp3) is 0.458. The smallest absolute Gasteiger partial charge is 0.410 e. The van der Waals surface area contributed by atoms with Gasteiger partial charge in [-0.2, -0.15) is 0 Å². The zero-order chi connectivity index (χ0) is 21.2. The number of benzene rings is 2. The maximum absolute atomic E-state index is 13.1. The summed E-state index contributed by atoms with van der Waals surface area (Å²) in [6, 6.07) is 16.5. The number of hydrogen-bond acceptors (Lipinski definition) is 3. The van der Waals surface area contributed by atoms with Crippen molar-refractivity contribution < 1.29 is 9.53 Å². The van der Waals surface area contributed by atoms with Gasteiger partial charge in [0.15, 0.2) is 0 Å². The number of hydrogen-bond donors (Lipinski definition) is 1. The Kier molecular flexibility index (Phi) is 6.25. The van der Waals surface area contributed by atoms with Crippen molar-refractivity contribution in [2.45, 2.75) is 51.2 Å². The summed E-state index contributed by atoms with van der Waals surface area (Å²) >= 11 is 6.45. The molecule has 1 saturated heterocycles. The molecule has 1 N–H and O–H groups in total. The van der Waals surface area contributed by atoms with E-state index < -0.39 is 11.1 Å². The molecular weight excluding hydrogens is 384 g/mol. The number of rotatable bonds is 4. The van der Waals surface area contributed by atoms with E-state index >= 15 is 0 Å². The number of nitrogens with zero attached hydrogens (tertiary/aromatic N) is 1. The quantitative estimate of drug-likeness (QED) is 0.749. The van der Waals surface area contributed by atoms with Gasteiger partial charge in [-0.25, -0.2) is 4.79 Å². The summed E-state index contributed by atoms with van der Waals surface area (Å²) in [5.41, 5.74) is 2.37. The van der Waals surface area contributed by atoms with Crippen LogP contribution in [-0.2, 0) is 11.2 Å². The van der Waals surface area contributed by atoms with Crippen LogP contribution < -0.4 is 5.32 Å². The monoisotopic (exact) mass is 414 g/mol. The molecule has 29 heavy (non-hydrogen) atoms. The lowest BCUT2D eigenvalue weighted by Crippen LogP contribution is -2.56. The highest BCUT2D eigenvalue weighted by molar-refractivity contribution is 6.31. The van der Waals surface area contributed by atoms with Gasteiger partial charge >= 0.3 is 6.09 Å². The molecule has 0 spiro atoms. The lowest BCUT2D eigenvalue weighted by molar-refractivity contribution is 0.00512. The second-order valence-electron chi connectivity index (χ2n) is 9.00. The highest BCUT2D eigenvalue weighted by Gasteiger charge is 2.49. The van der Waals surface area contributed by atoms with Crippen LogP contribution in [0.4, 0.5) is 4.79 Å². The average Bonchev–Trinajstić information content (AvgIpc) is 3.07. The standard InChI is InChI=1S/C24H31ClN2O2/c1-17-11-12-19(13-21(17)25)20-15-26-16-24(20,14-18-9-7-6-8-10-18)27(5)22(28)29-23(2,3)4/h6-13,20,26H,14-16H2,1-5H3/t20-,24+/m1/s1. The number of nitrogens with one attached hydrogen (secondary N) is 1. The molecule has 0 bridgehead atoms. The first kappa shape index (κ1) is 21.7. The largest absolute Gasteiger partial charge is 0.444 e. The first-order valence-electron chi connectivity index (χ1n) is 10.1. The van der Waals surface area contributed by atoms with E-state index in [4.69, 9.17) is 16.3 Å². The van der Waals surface area contributed by atoms with Crippen LogP contribution in [0, 0.1) is 6.92 Å². The molecule has 1 aliphatic rings. The zero-order valence-corrected chi connectivity index (χ0v) is 18.7. The minimum Gasteiger partial charge on any atom is -0.444 e. The number of halogens is 1. The molecule has 0 saturated carbocycles. The molecule has 0 aromatic heterocycles. The molecule has 3 rings (SSSR count). The Labute approximate surface area is 179 Å². The Morgan fingerprint density at radius 2 is 1.93 bits per heavy atom. The van der Waals surface area contributed by atoms with E-state index in [0.29, 0.717) is 6.54 Å². The van der Waals surface area contributed by atoms with Gasteiger partial charge in [-0.1, -0.05) is 54.1 Å². The molecule has 0 radical (unpaired) electrons. The van der Waals surface area contributed by atoms with Crippen LogP contribution in [0.3, 0.4) is 0 Å². The van der Waals surface area contributed by atoms with Crippen molar-refractivity contribution in [1.29, 1.82) is 0 Å². The summed E-state index contributed by atoms with van der Waals surface area (Å²) in [7, 11) is 1.85. The number of ether oxygens (including phenoxy) is 1. The van der Waals surface area contributed by atoms with Gasteiger partial charge in [0.2, 0.25) is 0 Å². The highest BCUT2D eigenvalue weighted by Crippen LogP contribution is 2.40. The Bertz CT molecular complexity index is 863. The molecule has 1 heterocycles. The summed E-state index contributed by atoms with van der Waals surface area (Å²) in [5, 5.41) is 4.27. The molecule has 1 aliphatic heterocycles. The predicted octanol–water partition coefficient (Wildman–Crippen LogP) is 5.18. The summed E-state index contributed by atoms with van der Waals surface area (Å²) in [6.07, 6.45) is 0.424. The van der Waals surface area contributed by atoms with Gasteiger partial charge in [0.1, 0.15) is 5.60 Å². The van der Waals surface area contributed by atoms with E-state index in [1.54, 1.807) is 4.90 Å². The van der Waals surface area contributed by atoms with Gasteiger partial charge in [-0.05, 0) is 56.9 Å². The Balaban J connectivity index is 2.03. The number of likely N-dealkylation sites (N-methyl/N-ethyl adjacent to an activating group) is 1. The summed E-state index contributed by atoms with van der Waals surface area (Å²) in [5.74, 6) is 0.0957. The Morgan fingerprint density at radius 3 is 2.55 bits per heavy atom. The molecule has 0 aliphatic carbocycles. The van der Waals surface area contributed by atoms with E-state index in [-0.39, 0.29) is 12.0 Å². The van der Waals surface area contributed by atoms with E-state index in [0.717, 1.165) is 29.1 Å². The van der Waals surface area contributed by atoms with Gasteiger partial charge in [-0.15, -0.1) is 0 Å². The van der Waals surface area contributed by atoms with Crippen LogP contribution in [0.5, 0.6) is 0 Å². The lowest BCUT2D eigenvalue weighted by atomic mass is 9.76. The predicted molar refractivity (Wildman–Crippen MR) is 119 cm³/mol. The van der Waals surface area contributed by atoms with Crippen LogP contribution in [0.1, 0.15) is 43.4 Å². The third kappa shape index (κ3) is 4.76. The van der Waals surface area contributed by atoms with Crippen molar-refractivity contribution in [2.75, 3.05) is 20.1 Å². The fourth-order valence-electron chi connectivity index (χ4n) is 4.12. The second-order valence-corrected chi connectivity index (χ2v) is 9.40. The third-order valence-corrected chi connectivity index (χ3v) is 6.12. The van der Waals surface area contributed by atoms with Crippen molar-refractivity contribution >= 4 is 17.7 Å². The van der Waals surface area contributed by atoms with Crippen molar-refractivity contribution in [3.63, 3.8) is 0 Å². The van der Waals surface area contributed by atoms with E-state index in [9.17, 15) is 4.79 Å². The molecule has 2 aromatic carbocycles. The molecule has 1 amide bonds. The maximum Gasteiger partial charge on any atom is 0.410 e. The lowest BCUT2D eigenvalue weighted by Gasteiger charge is -2.43. The molecule has 1 fully saturated rings. The number of carbonyl (C=O) groups is 1. The van der Waals surface area contributed by atoms with Crippen molar-refractivity contribution in [3.8, 4) is 0 Å². The van der Waals surface area contributed by atoms with Gasteiger partial charge in [-0.3, -0.25) is 0 Å². The Morgan fingerprint density at radius 1 is 1.24 bits per heavy atom. The zero-order valence-electron chi connectivity index (χ0n) is 18.0. The summed E-state index contributed by atoms with van der Waals surface area (Å²) in [4.78, 5) is 14.9. The maximum atomic E-state index is 13.1. The van der Waals surface area contributed by atoms with Crippen molar-refractivity contribution in [1.82, 2.24) is 10.2 Å². The van der Waals surface area contributed by atoms with Crippen LogP contribution in [0.2, 0.25) is 5.02 Å². The van der Waals surface area contributed by atoms with Gasteiger partial charge < -0.3 is 15.0 Å². The van der Waals surface area contributed by atoms with Gasteiger partial charge in [0, 0.05) is 31.1 Å². The van der Waals surface area contributed by atoms with Crippen LogP contribution in [0.25, 0.3) is 0 Å². The van der Waals surface area contributed by atoms with Crippen molar-refractivity contribution in [3.05, 3.63) is 70.2 Å². The minimum atomic E-state index is -0.548. The molecular formula is C24H31ClN2O2. The Hall–Kier alpha value is -2.04. The van der Waals surface area contributed by atoms with Crippen LogP contribution in [0.15, 0.2) is 48.5 Å². The highest BCUT2D eigenvalue weighted by atomic mass is 35.5. The first-order valence-corrected chi connectivity index (χ1v) is 10.5. The number of amides is 1. The minimum absolute atomic E-state index is 0.0957. The third-order valence-electron chi connectivity index (χ3n) is 5.71. The molecule has 4 nitrogen and oxygen atoms in total. The molecule has 2 atom stereocenters. The van der Waals surface area contributed by atoms with E-state index in [1.807, 2.05) is 59.0 Å². The summed E-state index contributed by atoms with van der Waals surface area (Å²) in [6.45, 7) is 9.16. The van der Waals surface area contributed by atoms with Crippen molar-refractivity contribution in [2.24, 2.45) is 0 Å². The first-order chi connectivity index (χ1) is 13.6. The van der Waals surface area contributed by atoms with E-state index in [2.05, 4.69) is 29.6 Å². The van der Waals surface area contributed by atoms with Crippen LogP contribution in [-0.4, -0.2) is 42.3 Å². The molecule has 0 unspecified atom stereocenters. The van der Waals surface area contributed by atoms with Gasteiger partial charge in [0.25, 0.3) is 0 Å². The molecule has 2 aromatic rings. The number of aryl methyl sites for hydroxylation is 1. The molecule has 156 valence electrons. The summed E-state index contributed by atoms with van der Waals surface area (Å²) < 4.78 is 5.73. The SMILES string of the molecule is Cc1ccc([C@H]2CNC[C@]2(Cc2ccccc2)N(C)C(=O)OC(C)(C)C)cc1Cl. The second kappa shape index (κ2) is 8.37. The van der Waals surface area contributed by atoms with Crippen LogP contribution >= 0.6 is 11.6 Å². The normalized spacial score (nSPS) is 21.8. The van der Waals surface area contributed by atoms with Gasteiger partial charge in [0.05, 0.1) is 5.54 Å². The number of carbonyl (C=O) groups excluding carboxylic acids is 1. The van der Waals surface area contributed by atoms with E-state index in [1.165, 1.54) is 5.56 Å². The molecule has 5 heteroatoms. The average molecular weight is 415 g/mol.